The van der Waals surface area contributed by atoms with Crippen LogP contribution in [0.4, 0.5) is 0 Å². The van der Waals surface area contributed by atoms with E-state index in [1.807, 2.05) is 232 Å². The van der Waals surface area contributed by atoms with Crippen LogP contribution in [0, 0.1) is 44.6 Å². The molecule has 0 saturated carbocycles. The summed E-state index contributed by atoms with van der Waals surface area (Å²) in [7, 11) is 0. The molecule has 0 bridgehead atoms. The fourth-order valence-corrected chi connectivity index (χ4v) is 12.5. The van der Waals surface area contributed by atoms with Crippen LogP contribution < -0.4 is 0 Å². The molecule has 0 aliphatic heterocycles. The molecule has 0 aliphatic carbocycles. The number of aryl methyl sites for hydroxylation is 2. The largest absolute Gasteiger partial charge is 0.456 e. The second-order valence-corrected chi connectivity index (χ2v) is 24.3. The standard InChI is InChI=1S/2C20H14O2.2C18H10O2.4C3H8.8C2H6.6CH3.16Y/c2*1-2-12-7-8-18-14(9-12)16-10-15-13-5-3-4-6-17(13)21-19(15)11-20(16)22-18;2*1-3-7-15-11(5-1)13-9-10-14-12-6-2-4-8-16(12)20-18(14)17(13)19-15;4*1-3-2;8*1-2;;;;;;;;;;;;;;;;;;;;;;/h2*3-11H,2H2,1H3;2*1-10H;4*3H2,1-2H3;8*1-2H3;6*1H3;;;;;;;;;;;;;;;;/q;;;;;;;;;;;;;;;;6*-1;;;;;;;;;;;;;;;;. The van der Waals surface area contributed by atoms with Crippen molar-refractivity contribution in [2.45, 2.75) is 219 Å². The van der Waals surface area contributed by atoms with Gasteiger partial charge in [-0.1, -0.05) is 327 Å². The van der Waals surface area contributed by atoms with Crippen LogP contribution >= 0.6 is 0 Å². The number of hydrogen-bond donors (Lipinski definition) is 0. The quantitative estimate of drug-likeness (QED) is 0.158. The fraction of sp³-hybridized carbons (Fsp3) is 0.291. The van der Waals surface area contributed by atoms with E-state index in [2.05, 4.69) is 178 Å². The van der Waals surface area contributed by atoms with E-state index in [0.717, 1.165) is 178 Å². The van der Waals surface area contributed by atoms with Crippen molar-refractivity contribution in [3.8, 4) is 0 Å². The molecular weight excluding hydrogens is 2870 g/mol. The van der Waals surface area contributed by atoms with Gasteiger partial charge in [0.2, 0.25) is 0 Å². The molecular formula is C110H146O8Y16-6. The van der Waals surface area contributed by atoms with E-state index in [9.17, 15) is 0 Å². The maximum Gasteiger partial charge on any atom is 0.178 e. The van der Waals surface area contributed by atoms with E-state index in [-0.39, 0.29) is 568 Å². The fourth-order valence-electron chi connectivity index (χ4n) is 12.5. The molecule has 8 aromatic heterocycles. The summed E-state index contributed by atoms with van der Waals surface area (Å²) in [6, 6.07) is 78.4. The molecule has 8 heterocycles. The molecule has 0 unspecified atom stereocenters. The smallest absolute Gasteiger partial charge is 0.178 e. The summed E-state index contributed by atoms with van der Waals surface area (Å²) in [4.78, 5) is 0. The number of rotatable bonds is 2. The number of hydrogen-bond acceptors (Lipinski definition) is 8. The van der Waals surface area contributed by atoms with Crippen LogP contribution in [-0.2, 0) is 536 Å². The van der Waals surface area contributed by atoms with Crippen LogP contribution in [0.25, 0.3) is 176 Å². The van der Waals surface area contributed by atoms with Gasteiger partial charge in [-0.15, -0.1) is 0 Å². The van der Waals surface area contributed by atoms with Gasteiger partial charge in [0, 0.05) is 622 Å². The minimum absolute atomic E-state index is 0. The van der Waals surface area contributed by atoms with Crippen LogP contribution in [0.1, 0.15) is 217 Å². The number of fused-ring (bicyclic) bond motifs is 26. The Labute approximate surface area is 1210 Å². The second kappa shape index (κ2) is 104. The molecule has 0 atom stereocenters. The van der Waals surface area contributed by atoms with Gasteiger partial charge in [-0.2, -0.15) is 0 Å². The van der Waals surface area contributed by atoms with Crippen molar-refractivity contribution in [2.75, 3.05) is 0 Å². The molecule has 0 spiro atoms. The minimum atomic E-state index is 0. The first-order chi connectivity index (χ1) is 55.2. The van der Waals surface area contributed by atoms with Crippen molar-refractivity contribution < 1.29 is 559 Å². The van der Waals surface area contributed by atoms with Gasteiger partial charge in [-0.3, -0.25) is 0 Å². The summed E-state index contributed by atoms with van der Waals surface area (Å²) in [5, 5.41) is 18.2. The Morgan fingerprint density at radius 3 is 0.463 bits per heavy atom. The van der Waals surface area contributed by atoms with Crippen molar-refractivity contribution in [1.29, 1.82) is 0 Å². The Hall–Kier alpha value is 6.70. The summed E-state index contributed by atoms with van der Waals surface area (Å²) >= 11 is 0. The van der Waals surface area contributed by atoms with E-state index in [0.29, 0.717) is 0 Å². The van der Waals surface area contributed by atoms with Gasteiger partial charge in [-0.05, 0) is 121 Å². The van der Waals surface area contributed by atoms with Crippen molar-refractivity contribution in [3.63, 3.8) is 0 Å². The zero-order chi connectivity index (χ0) is 82.4. The molecule has 0 aliphatic rings. The maximum absolute atomic E-state index is 6.00. The molecule has 0 saturated heterocycles. The second-order valence-electron chi connectivity index (χ2n) is 24.3. The molecule has 134 heavy (non-hydrogen) atoms. The first-order valence-electron chi connectivity index (χ1n) is 42.1. The molecule has 688 valence electrons. The maximum atomic E-state index is 6.00. The first-order valence-corrected chi connectivity index (χ1v) is 42.1. The molecule has 0 amide bonds. The summed E-state index contributed by atoms with van der Waals surface area (Å²) in [5.74, 6) is 0. The van der Waals surface area contributed by atoms with E-state index in [4.69, 9.17) is 35.3 Å². The molecule has 20 rings (SSSR count). The van der Waals surface area contributed by atoms with Crippen LogP contribution in [0.2, 0.25) is 0 Å². The zero-order valence-electron chi connectivity index (χ0n) is 87.7. The summed E-state index contributed by atoms with van der Waals surface area (Å²) in [6.07, 6.45) is 7.05. The predicted molar refractivity (Wildman–Crippen MR) is 536 cm³/mol. The Bertz CT molecular complexity index is 5580. The van der Waals surface area contributed by atoms with Crippen molar-refractivity contribution in [2.24, 2.45) is 0 Å². The molecule has 24 heteroatoms. The Morgan fingerprint density at radius 1 is 0.142 bits per heavy atom. The van der Waals surface area contributed by atoms with Crippen molar-refractivity contribution in [1.82, 2.24) is 0 Å². The number of furan rings is 8. The monoisotopic (exact) mass is 3020 g/mol. The van der Waals surface area contributed by atoms with E-state index >= 15 is 0 Å². The molecule has 16 radical (unpaired) electrons. The van der Waals surface area contributed by atoms with Gasteiger partial charge in [-0.25, -0.2) is 0 Å². The molecule has 20 aromatic rings. The zero-order valence-corrected chi connectivity index (χ0v) is 133. The normalized spacial score (nSPS) is 8.43. The van der Waals surface area contributed by atoms with E-state index in [1.165, 1.54) is 47.6 Å². The van der Waals surface area contributed by atoms with Crippen LogP contribution in [0.3, 0.4) is 0 Å². The number of benzene rings is 12. The van der Waals surface area contributed by atoms with Gasteiger partial charge in [0.25, 0.3) is 0 Å². The van der Waals surface area contributed by atoms with Gasteiger partial charge >= 0.3 is 0 Å². The van der Waals surface area contributed by atoms with Gasteiger partial charge in [0.05, 0.1) is 0 Å². The third-order valence-corrected chi connectivity index (χ3v) is 16.7. The summed E-state index contributed by atoms with van der Waals surface area (Å²) in [6.45, 7) is 53.3. The third-order valence-electron chi connectivity index (χ3n) is 16.7. The van der Waals surface area contributed by atoms with Crippen LogP contribution in [-0.4, -0.2) is 0 Å². The average molecular weight is 3020 g/mol. The molecule has 0 N–H and O–H groups in total. The summed E-state index contributed by atoms with van der Waals surface area (Å²) in [5.41, 5.74) is 16.8. The van der Waals surface area contributed by atoms with Gasteiger partial charge in [0.1, 0.15) is 67.0 Å². The average Bonchev–Trinajstić information content (AvgIpc) is 1.60. The van der Waals surface area contributed by atoms with Crippen molar-refractivity contribution >= 4 is 176 Å². The Morgan fingerprint density at radius 2 is 0.284 bits per heavy atom. The van der Waals surface area contributed by atoms with Crippen LogP contribution in [0.5, 0.6) is 0 Å². The predicted octanol–water partition coefficient (Wildman–Crippen LogP) is 39.6. The SMILES string of the molecule is CC.CC.CC.CC.CC.CC.CC.CC.CCC.CCC.CCC.CCC.CCc1ccc2oc3cc4oc5ccccc5c4cc3c2c1.CCc1ccc2oc3cc4oc5ccccc5c4cc3c2c1.[CH3-].[CH3-].[CH3-].[CH3-].[CH3-].[CH3-].[Y].[Y].[Y].[Y].[Y].[Y].[Y].[Y].[Y].[Y].[Y].[Y].[Y].[Y].[Y].[Y].c1ccc2c(c1)oc1c2ccc2c3ccccc3oc21.c1ccc2c(c1)oc1c2ccc2c3ccccc3oc21. The van der Waals surface area contributed by atoms with Crippen LogP contribution in [0.15, 0.2) is 266 Å². The van der Waals surface area contributed by atoms with E-state index < -0.39 is 0 Å². The third kappa shape index (κ3) is 48.6. The first kappa shape index (κ1) is 182. The minimum Gasteiger partial charge on any atom is -0.456 e. The van der Waals surface area contributed by atoms with Gasteiger partial charge in [0.15, 0.2) is 22.3 Å². The van der Waals surface area contributed by atoms with Gasteiger partial charge < -0.3 is 79.9 Å². The Balaban J connectivity index is -0.0000000730. The molecule has 0 fully saturated rings. The Kier molecular flexibility index (Phi) is 142. The van der Waals surface area contributed by atoms with E-state index in [1.54, 1.807) is 0 Å². The van der Waals surface area contributed by atoms with Crippen molar-refractivity contribution in [3.05, 3.63) is 286 Å². The molecule has 12 aromatic carbocycles. The topological polar surface area (TPSA) is 105 Å². The molecule has 8 nitrogen and oxygen atoms in total. The number of para-hydroxylation sites is 6. The summed E-state index contributed by atoms with van der Waals surface area (Å²) < 4.78 is 47.9.